The van der Waals surface area contributed by atoms with Crippen LogP contribution in [0.3, 0.4) is 0 Å². The molecule has 2 aromatic rings. The van der Waals surface area contributed by atoms with Gasteiger partial charge in [0.15, 0.2) is 5.11 Å². The van der Waals surface area contributed by atoms with Crippen LogP contribution in [-0.2, 0) is 6.54 Å². The summed E-state index contributed by atoms with van der Waals surface area (Å²) in [4.78, 5) is 4.71. The highest BCUT2D eigenvalue weighted by atomic mass is 32.1. The Balaban J connectivity index is 1.49. The van der Waals surface area contributed by atoms with Gasteiger partial charge in [0.05, 0.1) is 7.11 Å². The second-order valence-corrected chi connectivity index (χ2v) is 6.80. The molecule has 5 heteroatoms. The molecule has 0 spiro atoms. The molecular formula is C20H25N3OS. The number of methoxy groups -OCH3 is 1. The van der Waals surface area contributed by atoms with Crippen molar-refractivity contribution >= 4 is 23.0 Å². The lowest BCUT2D eigenvalue weighted by molar-refractivity contribution is 0.177. The van der Waals surface area contributed by atoms with Crippen LogP contribution in [0, 0.1) is 6.92 Å². The van der Waals surface area contributed by atoms with Crippen molar-refractivity contribution in [3.63, 3.8) is 0 Å². The van der Waals surface area contributed by atoms with Gasteiger partial charge in [-0.2, -0.15) is 0 Å². The van der Waals surface area contributed by atoms with Gasteiger partial charge in [0.2, 0.25) is 0 Å². The van der Waals surface area contributed by atoms with Gasteiger partial charge in [0.1, 0.15) is 5.75 Å². The van der Waals surface area contributed by atoms with Crippen LogP contribution in [0.25, 0.3) is 0 Å². The molecule has 3 rings (SSSR count). The Morgan fingerprint density at radius 1 is 1.08 bits per heavy atom. The lowest BCUT2D eigenvalue weighted by atomic mass is 10.2. The summed E-state index contributed by atoms with van der Waals surface area (Å²) in [6, 6.07) is 16.6. The van der Waals surface area contributed by atoms with Crippen LogP contribution in [0.5, 0.6) is 5.75 Å². The van der Waals surface area contributed by atoms with Crippen LogP contribution in [0.1, 0.15) is 11.1 Å². The van der Waals surface area contributed by atoms with Crippen LogP contribution < -0.4 is 10.1 Å². The minimum Gasteiger partial charge on any atom is -0.497 e. The van der Waals surface area contributed by atoms with E-state index in [-0.39, 0.29) is 0 Å². The summed E-state index contributed by atoms with van der Waals surface area (Å²) >= 11 is 5.57. The summed E-state index contributed by atoms with van der Waals surface area (Å²) in [5, 5.41) is 4.15. The molecule has 1 fully saturated rings. The van der Waals surface area contributed by atoms with Crippen molar-refractivity contribution in [3.05, 3.63) is 59.7 Å². The largest absolute Gasteiger partial charge is 0.497 e. The lowest BCUT2D eigenvalue weighted by Gasteiger charge is -2.36. The molecule has 0 unspecified atom stereocenters. The molecule has 0 amide bonds. The molecule has 1 N–H and O–H groups in total. The normalized spacial score (nSPS) is 15.0. The van der Waals surface area contributed by atoms with Gasteiger partial charge in [-0.25, -0.2) is 0 Å². The number of anilines is 1. The lowest BCUT2D eigenvalue weighted by Crippen LogP contribution is -2.49. The first kappa shape index (κ1) is 17.7. The molecule has 0 aromatic heterocycles. The van der Waals surface area contributed by atoms with Gasteiger partial charge < -0.3 is 15.0 Å². The third-order valence-corrected chi connectivity index (χ3v) is 4.86. The molecule has 1 heterocycles. The van der Waals surface area contributed by atoms with Crippen LogP contribution >= 0.6 is 12.2 Å². The van der Waals surface area contributed by atoms with E-state index in [1.807, 2.05) is 12.1 Å². The molecule has 0 aliphatic carbocycles. The molecule has 4 nitrogen and oxygen atoms in total. The van der Waals surface area contributed by atoms with Gasteiger partial charge in [-0.05, 0) is 49.0 Å². The summed E-state index contributed by atoms with van der Waals surface area (Å²) in [6.45, 7) is 6.94. The summed E-state index contributed by atoms with van der Waals surface area (Å²) < 4.78 is 5.30. The number of hydrogen-bond acceptors (Lipinski definition) is 3. The van der Waals surface area contributed by atoms with Crippen LogP contribution in [0.4, 0.5) is 5.69 Å². The van der Waals surface area contributed by atoms with Gasteiger partial charge in [-0.15, -0.1) is 0 Å². The van der Waals surface area contributed by atoms with Crippen molar-refractivity contribution < 1.29 is 4.74 Å². The first-order valence-corrected chi connectivity index (χ1v) is 9.03. The Hall–Kier alpha value is -2.11. The Bertz CT molecular complexity index is 709. The van der Waals surface area contributed by atoms with Crippen molar-refractivity contribution in [1.82, 2.24) is 9.80 Å². The first-order valence-electron chi connectivity index (χ1n) is 8.62. The molecule has 1 saturated heterocycles. The molecule has 1 aliphatic heterocycles. The van der Waals surface area contributed by atoms with Gasteiger partial charge >= 0.3 is 0 Å². The number of nitrogens with one attached hydrogen (secondary N) is 1. The number of ether oxygens (including phenoxy) is 1. The smallest absolute Gasteiger partial charge is 0.173 e. The average molecular weight is 356 g/mol. The summed E-state index contributed by atoms with van der Waals surface area (Å²) in [5.74, 6) is 0.916. The fourth-order valence-corrected chi connectivity index (χ4v) is 3.28. The molecule has 1 aliphatic rings. The van der Waals surface area contributed by atoms with Gasteiger partial charge in [0, 0.05) is 38.4 Å². The number of hydrogen-bond donors (Lipinski definition) is 1. The summed E-state index contributed by atoms with van der Waals surface area (Å²) in [5.41, 5.74) is 3.59. The Labute approximate surface area is 155 Å². The van der Waals surface area contributed by atoms with Crippen molar-refractivity contribution in [2.24, 2.45) is 0 Å². The minimum absolute atomic E-state index is 0.810. The SMILES string of the molecule is COc1cccc(CN2CCN(C(=S)Nc3ccc(C)cc3)CC2)c1. The van der Waals surface area contributed by atoms with E-state index >= 15 is 0 Å². The molecular weight excluding hydrogens is 330 g/mol. The Morgan fingerprint density at radius 3 is 2.48 bits per heavy atom. The monoisotopic (exact) mass is 355 g/mol. The highest BCUT2D eigenvalue weighted by Gasteiger charge is 2.19. The number of thiocarbonyl (C=S) groups is 1. The van der Waals surface area contributed by atoms with E-state index in [2.05, 4.69) is 58.4 Å². The van der Waals surface area contributed by atoms with E-state index in [0.717, 1.165) is 49.3 Å². The van der Waals surface area contributed by atoms with E-state index in [4.69, 9.17) is 17.0 Å². The first-order chi connectivity index (χ1) is 12.1. The van der Waals surface area contributed by atoms with Gasteiger partial charge in [0.25, 0.3) is 0 Å². The summed E-state index contributed by atoms with van der Waals surface area (Å²) in [7, 11) is 1.71. The van der Waals surface area contributed by atoms with E-state index in [1.165, 1.54) is 11.1 Å². The third-order valence-electron chi connectivity index (χ3n) is 4.50. The molecule has 0 saturated carbocycles. The van der Waals surface area contributed by atoms with Gasteiger partial charge in [-0.1, -0.05) is 29.8 Å². The maximum Gasteiger partial charge on any atom is 0.173 e. The standard InChI is InChI=1S/C20H25N3OS/c1-16-6-8-18(9-7-16)21-20(25)23-12-10-22(11-13-23)15-17-4-3-5-19(14-17)24-2/h3-9,14H,10-13,15H2,1-2H3,(H,21,25). The maximum atomic E-state index is 5.57. The van der Waals surface area contributed by atoms with E-state index in [0.29, 0.717) is 0 Å². The molecule has 0 atom stereocenters. The number of piperazine rings is 1. The molecule has 0 radical (unpaired) electrons. The zero-order chi connectivity index (χ0) is 17.6. The topological polar surface area (TPSA) is 27.7 Å². The zero-order valence-electron chi connectivity index (χ0n) is 14.9. The predicted octanol–water partition coefficient (Wildman–Crippen LogP) is 3.52. The number of benzene rings is 2. The molecule has 132 valence electrons. The Kier molecular flexibility index (Phi) is 5.89. The number of nitrogens with zero attached hydrogens (tertiary/aromatic N) is 2. The highest BCUT2D eigenvalue weighted by Crippen LogP contribution is 2.16. The summed E-state index contributed by atoms with van der Waals surface area (Å²) in [6.07, 6.45) is 0. The minimum atomic E-state index is 0.810. The molecule has 2 aromatic carbocycles. The second-order valence-electron chi connectivity index (χ2n) is 6.41. The van der Waals surface area contributed by atoms with E-state index in [9.17, 15) is 0 Å². The third kappa shape index (κ3) is 4.94. The fraction of sp³-hybridized carbons (Fsp3) is 0.350. The van der Waals surface area contributed by atoms with Gasteiger partial charge in [-0.3, -0.25) is 4.90 Å². The van der Waals surface area contributed by atoms with Crippen molar-refractivity contribution in [1.29, 1.82) is 0 Å². The zero-order valence-corrected chi connectivity index (χ0v) is 15.7. The average Bonchev–Trinajstić information content (AvgIpc) is 2.64. The van der Waals surface area contributed by atoms with Crippen LogP contribution in [0.15, 0.2) is 48.5 Å². The van der Waals surface area contributed by atoms with E-state index < -0.39 is 0 Å². The van der Waals surface area contributed by atoms with Crippen molar-refractivity contribution in [2.45, 2.75) is 13.5 Å². The quantitative estimate of drug-likeness (QED) is 0.847. The number of rotatable bonds is 4. The predicted molar refractivity (Wildman–Crippen MR) is 107 cm³/mol. The van der Waals surface area contributed by atoms with Crippen LogP contribution in [-0.4, -0.2) is 48.2 Å². The molecule has 25 heavy (non-hydrogen) atoms. The van der Waals surface area contributed by atoms with E-state index in [1.54, 1.807) is 7.11 Å². The molecule has 0 bridgehead atoms. The fourth-order valence-electron chi connectivity index (χ4n) is 2.98. The maximum absolute atomic E-state index is 5.57. The number of aryl methyl sites for hydroxylation is 1. The van der Waals surface area contributed by atoms with Crippen molar-refractivity contribution in [2.75, 3.05) is 38.6 Å². The van der Waals surface area contributed by atoms with Crippen LogP contribution in [0.2, 0.25) is 0 Å². The van der Waals surface area contributed by atoms with Crippen molar-refractivity contribution in [3.8, 4) is 5.75 Å². The highest BCUT2D eigenvalue weighted by molar-refractivity contribution is 7.80. The Morgan fingerprint density at radius 2 is 1.80 bits per heavy atom. The second kappa shape index (κ2) is 8.32.